The van der Waals surface area contributed by atoms with Crippen molar-refractivity contribution in [2.75, 3.05) is 32.5 Å². The molecular formula is C13H21N3O3S. The zero-order chi connectivity index (χ0) is 15.2. The van der Waals surface area contributed by atoms with Gasteiger partial charge in [0.25, 0.3) is 0 Å². The van der Waals surface area contributed by atoms with E-state index in [1.807, 2.05) is 6.92 Å². The number of hydrogen-bond acceptors (Lipinski definition) is 4. The Kier molecular flexibility index (Phi) is 5.97. The minimum absolute atomic E-state index is 0.0489. The molecule has 0 aliphatic heterocycles. The standard InChI is InChI=1S/C13H21N3O3S/c1-4-9-15-20(18,19)12-8-6-5-7-11(12)14-10-13(17)16(2)3/h5-8,14-15H,4,9-10H2,1-3H3. The molecule has 2 N–H and O–H groups in total. The Labute approximate surface area is 120 Å². The summed E-state index contributed by atoms with van der Waals surface area (Å²) in [5, 5.41) is 2.87. The lowest BCUT2D eigenvalue weighted by molar-refractivity contribution is -0.126. The Morgan fingerprint density at radius 2 is 1.90 bits per heavy atom. The molecule has 0 aromatic heterocycles. The number of benzene rings is 1. The number of carbonyl (C=O) groups excluding carboxylic acids is 1. The first kappa shape index (κ1) is 16.5. The van der Waals surface area contributed by atoms with Crippen molar-refractivity contribution in [1.29, 1.82) is 0 Å². The number of sulfonamides is 1. The maximum atomic E-state index is 12.1. The van der Waals surface area contributed by atoms with E-state index in [2.05, 4.69) is 10.0 Å². The lowest BCUT2D eigenvalue weighted by Crippen LogP contribution is -2.30. The van der Waals surface area contributed by atoms with Crippen LogP contribution in [0.15, 0.2) is 29.2 Å². The van der Waals surface area contributed by atoms with Gasteiger partial charge in [-0.1, -0.05) is 19.1 Å². The summed E-state index contributed by atoms with van der Waals surface area (Å²) in [6.07, 6.45) is 0.716. The fourth-order valence-electron chi connectivity index (χ4n) is 1.49. The molecule has 0 saturated heterocycles. The minimum Gasteiger partial charge on any atom is -0.375 e. The average molecular weight is 299 g/mol. The summed E-state index contributed by atoms with van der Waals surface area (Å²) >= 11 is 0. The van der Waals surface area contributed by atoms with Gasteiger partial charge in [-0.3, -0.25) is 4.79 Å². The van der Waals surface area contributed by atoms with Gasteiger partial charge in [0, 0.05) is 20.6 Å². The van der Waals surface area contributed by atoms with Gasteiger partial charge in [-0.2, -0.15) is 0 Å². The van der Waals surface area contributed by atoms with Crippen molar-refractivity contribution in [2.24, 2.45) is 0 Å². The molecule has 0 heterocycles. The predicted molar refractivity (Wildman–Crippen MR) is 79.1 cm³/mol. The molecule has 20 heavy (non-hydrogen) atoms. The Balaban J connectivity index is 2.91. The third-order valence-electron chi connectivity index (χ3n) is 2.65. The van der Waals surface area contributed by atoms with Crippen LogP contribution < -0.4 is 10.0 Å². The SMILES string of the molecule is CCCNS(=O)(=O)c1ccccc1NCC(=O)N(C)C. The van der Waals surface area contributed by atoms with Crippen molar-refractivity contribution in [1.82, 2.24) is 9.62 Å². The number of anilines is 1. The first-order valence-electron chi connectivity index (χ1n) is 6.41. The molecule has 0 aliphatic rings. The number of para-hydroxylation sites is 1. The largest absolute Gasteiger partial charge is 0.375 e. The van der Waals surface area contributed by atoms with Gasteiger partial charge in [-0.15, -0.1) is 0 Å². The topological polar surface area (TPSA) is 78.5 Å². The van der Waals surface area contributed by atoms with Crippen LogP contribution in [0.3, 0.4) is 0 Å². The van der Waals surface area contributed by atoms with Crippen molar-refractivity contribution >= 4 is 21.6 Å². The Morgan fingerprint density at radius 3 is 2.50 bits per heavy atom. The number of likely N-dealkylation sites (N-methyl/N-ethyl adjacent to an activating group) is 1. The summed E-state index contributed by atoms with van der Waals surface area (Å²) in [6, 6.07) is 6.53. The van der Waals surface area contributed by atoms with E-state index in [1.165, 1.54) is 11.0 Å². The summed E-state index contributed by atoms with van der Waals surface area (Å²) in [5.74, 6) is -0.126. The van der Waals surface area contributed by atoms with Gasteiger partial charge in [-0.25, -0.2) is 13.1 Å². The Bertz CT molecular complexity index is 556. The van der Waals surface area contributed by atoms with E-state index in [9.17, 15) is 13.2 Å². The molecule has 0 unspecified atom stereocenters. The summed E-state index contributed by atoms with van der Waals surface area (Å²) < 4.78 is 26.8. The Hall–Kier alpha value is -1.60. The van der Waals surface area contributed by atoms with Gasteiger partial charge < -0.3 is 10.2 Å². The molecule has 7 heteroatoms. The summed E-state index contributed by atoms with van der Waals surface area (Å²) in [5.41, 5.74) is 0.423. The molecule has 0 atom stereocenters. The van der Waals surface area contributed by atoms with Gasteiger partial charge in [0.2, 0.25) is 15.9 Å². The van der Waals surface area contributed by atoms with Crippen molar-refractivity contribution in [3.8, 4) is 0 Å². The second kappa shape index (κ2) is 7.25. The zero-order valence-electron chi connectivity index (χ0n) is 12.0. The van der Waals surface area contributed by atoms with Crippen LogP contribution in [0.4, 0.5) is 5.69 Å². The van der Waals surface area contributed by atoms with Crippen molar-refractivity contribution in [2.45, 2.75) is 18.2 Å². The number of carbonyl (C=O) groups is 1. The summed E-state index contributed by atoms with van der Waals surface area (Å²) in [4.78, 5) is 13.1. The number of rotatable bonds is 7. The highest BCUT2D eigenvalue weighted by Gasteiger charge is 2.17. The smallest absolute Gasteiger partial charge is 0.242 e. The predicted octanol–water partition coefficient (Wildman–Crippen LogP) is 0.875. The molecule has 0 spiro atoms. The third kappa shape index (κ3) is 4.50. The van der Waals surface area contributed by atoms with E-state index in [-0.39, 0.29) is 17.3 Å². The van der Waals surface area contributed by atoms with Crippen molar-refractivity contribution < 1.29 is 13.2 Å². The molecule has 1 aromatic carbocycles. The number of hydrogen-bond donors (Lipinski definition) is 2. The molecule has 0 bridgehead atoms. The van der Waals surface area contributed by atoms with Gasteiger partial charge in [-0.05, 0) is 18.6 Å². The number of nitrogens with one attached hydrogen (secondary N) is 2. The van der Waals surface area contributed by atoms with E-state index >= 15 is 0 Å². The van der Waals surface area contributed by atoms with Crippen LogP contribution in [0.5, 0.6) is 0 Å². The molecule has 1 amide bonds. The first-order chi connectivity index (χ1) is 9.38. The monoisotopic (exact) mass is 299 g/mol. The second-order valence-electron chi connectivity index (χ2n) is 4.54. The molecule has 0 radical (unpaired) electrons. The highest BCUT2D eigenvalue weighted by molar-refractivity contribution is 7.89. The van der Waals surface area contributed by atoms with Crippen molar-refractivity contribution in [3.05, 3.63) is 24.3 Å². The molecule has 1 rings (SSSR count). The first-order valence-corrected chi connectivity index (χ1v) is 7.89. The van der Waals surface area contributed by atoms with Crippen LogP contribution in [0.1, 0.15) is 13.3 Å². The van der Waals surface area contributed by atoms with Crippen LogP contribution in [-0.4, -0.2) is 46.4 Å². The fraction of sp³-hybridized carbons (Fsp3) is 0.462. The van der Waals surface area contributed by atoms with E-state index < -0.39 is 10.0 Å². The molecular weight excluding hydrogens is 278 g/mol. The highest BCUT2D eigenvalue weighted by Crippen LogP contribution is 2.20. The third-order valence-corrected chi connectivity index (χ3v) is 4.17. The van der Waals surface area contributed by atoms with Crippen LogP contribution in [0.25, 0.3) is 0 Å². The number of amides is 1. The van der Waals surface area contributed by atoms with Crippen LogP contribution in [-0.2, 0) is 14.8 Å². The molecule has 0 aliphatic carbocycles. The lowest BCUT2D eigenvalue weighted by atomic mass is 10.3. The van der Waals surface area contributed by atoms with E-state index in [1.54, 1.807) is 32.3 Å². The minimum atomic E-state index is -3.56. The summed E-state index contributed by atoms with van der Waals surface area (Å²) in [7, 11) is -0.262. The van der Waals surface area contributed by atoms with E-state index in [0.29, 0.717) is 18.7 Å². The highest BCUT2D eigenvalue weighted by atomic mass is 32.2. The molecule has 112 valence electrons. The van der Waals surface area contributed by atoms with Crippen LogP contribution >= 0.6 is 0 Å². The maximum Gasteiger partial charge on any atom is 0.242 e. The van der Waals surface area contributed by atoms with Gasteiger partial charge >= 0.3 is 0 Å². The molecule has 0 fully saturated rings. The van der Waals surface area contributed by atoms with Gasteiger partial charge in [0.1, 0.15) is 4.90 Å². The second-order valence-corrected chi connectivity index (χ2v) is 6.27. The normalized spacial score (nSPS) is 11.2. The maximum absolute atomic E-state index is 12.1. The van der Waals surface area contributed by atoms with E-state index in [0.717, 1.165) is 0 Å². The molecule has 0 saturated carbocycles. The van der Waals surface area contributed by atoms with Gasteiger partial charge in [0.15, 0.2) is 0 Å². The average Bonchev–Trinajstić information content (AvgIpc) is 2.42. The lowest BCUT2D eigenvalue weighted by Gasteiger charge is -2.15. The quantitative estimate of drug-likeness (QED) is 0.783. The van der Waals surface area contributed by atoms with Gasteiger partial charge in [0.05, 0.1) is 12.2 Å². The van der Waals surface area contributed by atoms with Crippen LogP contribution in [0, 0.1) is 0 Å². The molecule has 6 nitrogen and oxygen atoms in total. The van der Waals surface area contributed by atoms with Crippen LogP contribution in [0.2, 0.25) is 0 Å². The fourth-order valence-corrected chi connectivity index (χ4v) is 2.81. The Morgan fingerprint density at radius 1 is 1.25 bits per heavy atom. The van der Waals surface area contributed by atoms with Crippen molar-refractivity contribution in [3.63, 3.8) is 0 Å². The van der Waals surface area contributed by atoms with E-state index in [4.69, 9.17) is 0 Å². The number of nitrogens with zero attached hydrogens (tertiary/aromatic N) is 1. The summed E-state index contributed by atoms with van der Waals surface area (Å²) in [6.45, 7) is 2.32. The molecule has 1 aromatic rings. The zero-order valence-corrected chi connectivity index (χ0v) is 12.8.